The molecule has 20 heavy (non-hydrogen) atoms. The van der Waals surface area contributed by atoms with Crippen molar-refractivity contribution in [3.63, 3.8) is 0 Å². The van der Waals surface area contributed by atoms with Crippen LogP contribution >= 0.6 is 0 Å². The molecule has 0 aliphatic heterocycles. The van der Waals surface area contributed by atoms with Crippen LogP contribution in [0.1, 0.15) is 21.0 Å². The van der Waals surface area contributed by atoms with Crippen LogP contribution in [0.2, 0.25) is 0 Å². The maximum atomic E-state index is 10.7. The highest BCUT2D eigenvalue weighted by molar-refractivity contribution is 5.94. The van der Waals surface area contributed by atoms with Crippen LogP contribution in [-0.2, 0) is 0 Å². The van der Waals surface area contributed by atoms with E-state index in [1.54, 1.807) is 23.1 Å². The summed E-state index contributed by atoms with van der Waals surface area (Å²) in [5.41, 5.74) is 1.06. The molecule has 0 fully saturated rings. The number of rotatable bonds is 3. The first-order valence-corrected chi connectivity index (χ1v) is 5.51. The van der Waals surface area contributed by atoms with Gasteiger partial charge in [0.1, 0.15) is 6.33 Å². The molecule has 0 atom stereocenters. The lowest BCUT2D eigenvalue weighted by Crippen LogP contribution is -2.13. The Morgan fingerprint density at radius 2 is 1.80 bits per heavy atom. The van der Waals surface area contributed by atoms with E-state index in [0.29, 0.717) is 5.56 Å². The van der Waals surface area contributed by atoms with E-state index in [0.717, 1.165) is 12.0 Å². The molecule has 0 spiro atoms. The Morgan fingerprint density at radius 3 is 2.15 bits per heavy atom. The van der Waals surface area contributed by atoms with E-state index in [1.807, 2.05) is 20.2 Å². The lowest BCUT2D eigenvalue weighted by atomic mass is 10.2. The summed E-state index contributed by atoms with van der Waals surface area (Å²) in [6.45, 7) is 0. The second-order valence-corrected chi connectivity index (χ2v) is 3.86. The third-order valence-electron chi connectivity index (χ3n) is 2.23. The lowest BCUT2D eigenvalue weighted by molar-refractivity contribution is 0.0678. The molecular formula is C12H14N4O4. The molecular weight excluding hydrogens is 264 g/mol. The fourth-order valence-electron chi connectivity index (χ4n) is 1.35. The van der Waals surface area contributed by atoms with E-state index in [1.165, 1.54) is 0 Å². The molecule has 0 saturated heterocycles. The predicted molar refractivity (Wildman–Crippen MR) is 71.1 cm³/mol. The Kier molecular flexibility index (Phi) is 5.21. The number of carboxylic acids is 2. The van der Waals surface area contributed by atoms with Gasteiger partial charge in [0, 0.05) is 14.1 Å². The van der Waals surface area contributed by atoms with Gasteiger partial charge in [0.2, 0.25) is 5.82 Å². The first-order valence-electron chi connectivity index (χ1n) is 5.51. The zero-order valence-corrected chi connectivity index (χ0v) is 10.9. The number of benzene rings is 1. The van der Waals surface area contributed by atoms with Crippen LogP contribution in [0.15, 0.2) is 30.6 Å². The molecule has 1 aromatic carbocycles. The van der Waals surface area contributed by atoms with Gasteiger partial charge in [-0.05, 0) is 12.1 Å². The van der Waals surface area contributed by atoms with Gasteiger partial charge in [-0.15, -0.1) is 0 Å². The molecule has 8 heteroatoms. The zero-order valence-electron chi connectivity index (χ0n) is 10.9. The third kappa shape index (κ3) is 4.09. The minimum absolute atomic E-state index is 0.134. The number of nitrogens with one attached hydrogen (secondary N) is 1. The van der Waals surface area contributed by atoms with Crippen molar-refractivity contribution in [3.05, 3.63) is 42.0 Å². The summed E-state index contributed by atoms with van der Waals surface area (Å²) in [6.07, 6.45) is 1.14. The average Bonchev–Trinajstić information content (AvgIpc) is 2.93. The molecule has 0 amide bonds. The van der Waals surface area contributed by atoms with Gasteiger partial charge in [-0.2, -0.15) is 5.10 Å². The molecule has 3 N–H and O–H groups in total. The van der Waals surface area contributed by atoms with E-state index >= 15 is 0 Å². The number of aromatic carboxylic acids is 2. The third-order valence-corrected chi connectivity index (χ3v) is 2.23. The monoisotopic (exact) mass is 278 g/mol. The molecule has 8 nitrogen and oxygen atoms in total. The molecule has 0 unspecified atom stereocenters. The van der Waals surface area contributed by atoms with Crippen molar-refractivity contribution in [2.24, 2.45) is 0 Å². The molecule has 0 aliphatic carbocycles. The topological polar surface area (TPSA) is 119 Å². The Labute approximate surface area is 114 Å². The summed E-state index contributed by atoms with van der Waals surface area (Å²) in [6, 6.07) is 6.92. The fourth-order valence-corrected chi connectivity index (χ4v) is 1.35. The van der Waals surface area contributed by atoms with E-state index in [-0.39, 0.29) is 5.82 Å². The summed E-state index contributed by atoms with van der Waals surface area (Å²) in [5.74, 6) is -2.12. The highest BCUT2D eigenvalue weighted by Crippen LogP contribution is 2.17. The molecule has 2 rings (SSSR count). The molecule has 2 aromatic rings. The van der Waals surface area contributed by atoms with Gasteiger partial charge in [0.25, 0.3) is 0 Å². The zero-order chi connectivity index (χ0) is 15.1. The van der Waals surface area contributed by atoms with Gasteiger partial charge in [-0.3, -0.25) is 5.10 Å². The van der Waals surface area contributed by atoms with Crippen molar-refractivity contribution in [2.45, 2.75) is 0 Å². The van der Waals surface area contributed by atoms with Gasteiger partial charge in [0.05, 0.1) is 11.3 Å². The SMILES string of the molecule is CN(C)c1ccccc1C(=O)O.O=C(O)c1ncn[nH]1. The Hall–Kier alpha value is -2.90. The van der Waals surface area contributed by atoms with Gasteiger partial charge < -0.3 is 15.1 Å². The average molecular weight is 278 g/mol. The van der Waals surface area contributed by atoms with Crippen LogP contribution < -0.4 is 4.90 Å². The van der Waals surface area contributed by atoms with Crippen LogP contribution in [0.25, 0.3) is 0 Å². The minimum atomic E-state index is -1.09. The Balaban J connectivity index is 0.000000217. The molecule has 0 bridgehead atoms. The van der Waals surface area contributed by atoms with Crippen LogP contribution in [-0.4, -0.2) is 51.4 Å². The van der Waals surface area contributed by atoms with Gasteiger partial charge in [0.15, 0.2) is 0 Å². The van der Waals surface area contributed by atoms with Crippen LogP contribution in [0.4, 0.5) is 5.69 Å². The van der Waals surface area contributed by atoms with Crippen LogP contribution in [0.3, 0.4) is 0 Å². The van der Waals surface area contributed by atoms with Crippen LogP contribution in [0, 0.1) is 0 Å². The molecule has 106 valence electrons. The van der Waals surface area contributed by atoms with Crippen molar-refractivity contribution in [1.82, 2.24) is 15.2 Å². The molecule has 1 heterocycles. The highest BCUT2D eigenvalue weighted by atomic mass is 16.4. The number of para-hydroxylation sites is 1. The maximum absolute atomic E-state index is 10.7. The highest BCUT2D eigenvalue weighted by Gasteiger charge is 2.09. The second kappa shape index (κ2) is 6.88. The predicted octanol–water partition coefficient (Wildman–Crippen LogP) is 0.954. The van der Waals surface area contributed by atoms with Crippen molar-refractivity contribution in [2.75, 3.05) is 19.0 Å². The summed E-state index contributed by atoms with van der Waals surface area (Å²) < 4.78 is 0. The summed E-state index contributed by atoms with van der Waals surface area (Å²) in [4.78, 5) is 25.8. The quantitative estimate of drug-likeness (QED) is 0.764. The van der Waals surface area contributed by atoms with Crippen molar-refractivity contribution >= 4 is 17.6 Å². The summed E-state index contributed by atoms with van der Waals surface area (Å²) in [7, 11) is 3.64. The number of carbonyl (C=O) groups is 2. The number of H-pyrrole nitrogens is 1. The standard InChI is InChI=1S/C9H11NO2.C3H3N3O2/c1-10(2)8-6-4-3-5-7(8)9(11)12;7-3(8)2-4-1-5-6-2/h3-6H,1-2H3,(H,11,12);1H,(H,7,8)(H,4,5,6). The molecule has 0 radical (unpaired) electrons. The normalized spacial score (nSPS) is 9.30. The minimum Gasteiger partial charge on any atom is -0.478 e. The summed E-state index contributed by atoms with van der Waals surface area (Å²) >= 11 is 0. The van der Waals surface area contributed by atoms with E-state index in [9.17, 15) is 9.59 Å². The smallest absolute Gasteiger partial charge is 0.373 e. The molecule has 0 saturated carbocycles. The Morgan fingerprint density at radius 1 is 1.15 bits per heavy atom. The van der Waals surface area contributed by atoms with Crippen molar-refractivity contribution in [3.8, 4) is 0 Å². The fraction of sp³-hybridized carbons (Fsp3) is 0.167. The van der Waals surface area contributed by atoms with E-state index in [4.69, 9.17) is 10.2 Å². The summed E-state index contributed by atoms with van der Waals surface area (Å²) in [5, 5.41) is 22.4. The van der Waals surface area contributed by atoms with Crippen molar-refractivity contribution < 1.29 is 19.8 Å². The number of carboxylic acid groups (broad SMARTS) is 2. The Bertz CT molecular complexity index is 581. The van der Waals surface area contributed by atoms with Gasteiger partial charge in [-0.25, -0.2) is 14.6 Å². The number of nitrogens with zero attached hydrogens (tertiary/aromatic N) is 3. The van der Waals surface area contributed by atoms with Crippen LogP contribution in [0.5, 0.6) is 0 Å². The van der Waals surface area contributed by atoms with Gasteiger partial charge >= 0.3 is 11.9 Å². The largest absolute Gasteiger partial charge is 0.478 e. The number of aromatic amines is 1. The molecule has 0 aliphatic rings. The van der Waals surface area contributed by atoms with Crippen molar-refractivity contribution in [1.29, 1.82) is 0 Å². The maximum Gasteiger partial charge on any atom is 0.373 e. The second-order valence-electron chi connectivity index (χ2n) is 3.86. The number of aromatic nitrogens is 3. The first-order chi connectivity index (χ1) is 9.43. The first kappa shape index (κ1) is 15.2. The number of anilines is 1. The molecule has 1 aromatic heterocycles. The van der Waals surface area contributed by atoms with Gasteiger partial charge in [-0.1, -0.05) is 12.1 Å². The van der Waals surface area contributed by atoms with E-state index < -0.39 is 11.9 Å². The van der Waals surface area contributed by atoms with E-state index in [2.05, 4.69) is 15.2 Å². The number of hydrogen-bond acceptors (Lipinski definition) is 5. The number of hydrogen-bond donors (Lipinski definition) is 3. The lowest BCUT2D eigenvalue weighted by Gasteiger charge is -2.14.